The molecule has 1 unspecified atom stereocenters. The number of halogens is 1. The smallest absolute Gasteiger partial charge is 0.0903 e. The van der Waals surface area contributed by atoms with Crippen LogP contribution < -0.4 is 11.3 Å². The second kappa shape index (κ2) is 5.73. The first-order chi connectivity index (χ1) is 8.27. The Bertz CT molecular complexity index is 498. The molecule has 3 N–H and O–H groups in total. The molecule has 0 spiro atoms. The van der Waals surface area contributed by atoms with E-state index in [-0.39, 0.29) is 6.04 Å². The van der Waals surface area contributed by atoms with E-state index in [1.165, 1.54) is 5.56 Å². The zero-order chi connectivity index (χ0) is 12.3. The van der Waals surface area contributed by atoms with Crippen LogP contribution in [0.1, 0.15) is 29.8 Å². The van der Waals surface area contributed by atoms with Crippen molar-refractivity contribution in [1.82, 2.24) is 10.4 Å². The van der Waals surface area contributed by atoms with Crippen molar-refractivity contribution in [2.75, 3.05) is 0 Å². The molecule has 0 aromatic carbocycles. The monoisotopic (exact) mass is 311 g/mol. The average molecular weight is 312 g/mol. The summed E-state index contributed by atoms with van der Waals surface area (Å²) in [5.41, 5.74) is 6.19. The summed E-state index contributed by atoms with van der Waals surface area (Å²) in [5, 5.41) is 4.14. The number of aryl methyl sites for hydroxylation is 1. The second-order valence-electron chi connectivity index (χ2n) is 3.68. The van der Waals surface area contributed by atoms with Crippen molar-refractivity contribution in [2.24, 2.45) is 5.84 Å². The molecular weight excluding hydrogens is 298 g/mol. The number of nitrogens with two attached hydrogens (primary N) is 1. The minimum absolute atomic E-state index is 0.0632. The number of hydrazine groups is 1. The van der Waals surface area contributed by atoms with Crippen LogP contribution >= 0.6 is 27.3 Å². The maximum atomic E-state index is 5.68. The van der Waals surface area contributed by atoms with E-state index < -0.39 is 0 Å². The highest BCUT2D eigenvalue weighted by Crippen LogP contribution is 2.31. The van der Waals surface area contributed by atoms with Gasteiger partial charge in [0, 0.05) is 21.6 Å². The Morgan fingerprint density at radius 2 is 2.35 bits per heavy atom. The number of rotatable bonds is 4. The highest BCUT2D eigenvalue weighted by Gasteiger charge is 2.19. The van der Waals surface area contributed by atoms with Gasteiger partial charge < -0.3 is 0 Å². The van der Waals surface area contributed by atoms with E-state index in [0.717, 1.165) is 22.2 Å². The molecule has 0 fully saturated rings. The average Bonchev–Trinajstić information content (AvgIpc) is 2.78. The van der Waals surface area contributed by atoms with Gasteiger partial charge in [-0.2, -0.15) is 11.3 Å². The Balaban J connectivity index is 2.46. The van der Waals surface area contributed by atoms with Gasteiger partial charge in [0.05, 0.1) is 11.7 Å². The maximum absolute atomic E-state index is 5.68. The fraction of sp³-hybridized carbons (Fsp3) is 0.250. The summed E-state index contributed by atoms with van der Waals surface area (Å²) < 4.78 is 1.07. The SMILES string of the molecule is CCc1cccnc1C(NN)c1cscc1Br. The molecule has 0 saturated heterocycles. The molecule has 0 aliphatic rings. The number of pyridine rings is 1. The Morgan fingerprint density at radius 1 is 1.53 bits per heavy atom. The predicted octanol–water partition coefficient (Wildman–Crippen LogP) is 3.02. The van der Waals surface area contributed by atoms with Crippen molar-refractivity contribution in [1.29, 1.82) is 0 Å². The summed E-state index contributed by atoms with van der Waals surface area (Å²) in [5.74, 6) is 5.68. The fourth-order valence-corrected chi connectivity index (χ4v) is 3.37. The molecule has 0 bridgehead atoms. The highest BCUT2D eigenvalue weighted by molar-refractivity contribution is 9.10. The molecule has 2 rings (SSSR count). The summed E-state index contributed by atoms with van der Waals surface area (Å²) in [4.78, 5) is 4.46. The Labute approximate surface area is 113 Å². The first-order valence-electron chi connectivity index (χ1n) is 5.39. The number of aromatic nitrogens is 1. The van der Waals surface area contributed by atoms with E-state index in [1.807, 2.05) is 11.4 Å². The summed E-state index contributed by atoms with van der Waals surface area (Å²) in [7, 11) is 0. The van der Waals surface area contributed by atoms with E-state index in [0.29, 0.717) is 0 Å². The molecule has 17 heavy (non-hydrogen) atoms. The molecule has 2 heterocycles. The normalized spacial score (nSPS) is 12.6. The third-order valence-corrected chi connectivity index (χ3v) is 4.45. The van der Waals surface area contributed by atoms with Gasteiger partial charge in [-0.25, -0.2) is 5.43 Å². The summed E-state index contributed by atoms with van der Waals surface area (Å²) in [6, 6.07) is 3.98. The fourth-order valence-electron chi connectivity index (χ4n) is 1.82. The first-order valence-corrected chi connectivity index (χ1v) is 7.13. The summed E-state index contributed by atoms with van der Waals surface area (Å²) in [6.45, 7) is 2.12. The van der Waals surface area contributed by atoms with Gasteiger partial charge in [0.25, 0.3) is 0 Å². The summed E-state index contributed by atoms with van der Waals surface area (Å²) >= 11 is 5.19. The second-order valence-corrected chi connectivity index (χ2v) is 5.27. The van der Waals surface area contributed by atoms with Crippen LogP contribution in [0, 0.1) is 0 Å². The quantitative estimate of drug-likeness (QED) is 0.674. The van der Waals surface area contributed by atoms with Crippen molar-refractivity contribution in [2.45, 2.75) is 19.4 Å². The lowest BCUT2D eigenvalue weighted by Crippen LogP contribution is -2.30. The van der Waals surface area contributed by atoms with Crippen molar-refractivity contribution in [3.63, 3.8) is 0 Å². The van der Waals surface area contributed by atoms with Gasteiger partial charge in [-0.05, 0) is 39.4 Å². The van der Waals surface area contributed by atoms with Gasteiger partial charge in [-0.3, -0.25) is 10.8 Å². The zero-order valence-corrected chi connectivity index (χ0v) is 11.9. The van der Waals surface area contributed by atoms with Gasteiger partial charge >= 0.3 is 0 Å². The lowest BCUT2D eigenvalue weighted by Gasteiger charge is -2.17. The van der Waals surface area contributed by atoms with Gasteiger partial charge in [0.2, 0.25) is 0 Å². The molecule has 0 aliphatic heterocycles. The van der Waals surface area contributed by atoms with E-state index in [1.54, 1.807) is 17.5 Å². The number of nitrogens with zero attached hydrogens (tertiary/aromatic N) is 1. The number of hydrogen-bond donors (Lipinski definition) is 2. The van der Waals surface area contributed by atoms with Gasteiger partial charge in [0.15, 0.2) is 0 Å². The van der Waals surface area contributed by atoms with Gasteiger partial charge in [-0.1, -0.05) is 13.0 Å². The van der Waals surface area contributed by atoms with Gasteiger partial charge in [-0.15, -0.1) is 0 Å². The van der Waals surface area contributed by atoms with Crippen molar-refractivity contribution >= 4 is 27.3 Å². The Hall–Kier alpha value is -0.750. The Morgan fingerprint density at radius 3 is 2.94 bits per heavy atom. The zero-order valence-electron chi connectivity index (χ0n) is 9.48. The topological polar surface area (TPSA) is 50.9 Å². The van der Waals surface area contributed by atoms with E-state index in [4.69, 9.17) is 5.84 Å². The molecule has 0 radical (unpaired) electrons. The first kappa shape index (κ1) is 12.7. The van der Waals surface area contributed by atoms with Crippen LogP contribution in [-0.4, -0.2) is 4.98 Å². The van der Waals surface area contributed by atoms with Crippen LogP contribution in [-0.2, 0) is 6.42 Å². The Kier molecular flexibility index (Phi) is 4.28. The highest BCUT2D eigenvalue weighted by atomic mass is 79.9. The minimum Gasteiger partial charge on any atom is -0.271 e. The lowest BCUT2D eigenvalue weighted by atomic mass is 10.0. The molecule has 2 aromatic heterocycles. The molecule has 0 amide bonds. The predicted molar refractivity (Wildman–Crippen MR) is 74.8 cm³/mol. The van der Waals surface area contributed by atoms with Crippen LogP contribution in [0.3, 0.4) is 0 Å². The van der Waals surface area contributed by atoms with Crippen LogP contribution in [0.15, 0.2) is 33.6 Å². The van der Waals surface area contributed by atoms with Crippen LogP contribution in [0.5, 0.6) is 0 Å². The van der Waals surface area contributed by atoms with Crippen molar-refractivity contribution < 1.29 is 0 Å². The van der Waals surface area contributed by atoms with Crippen LogP contribution in [0.4, 0.5) is 0 Å². The van der Waals surface area contributed by atoms with Crippen LogP contribution in [0.2, 0.25) is 0 Å². The third kappa shape index (κ3) is 2.57. The molecular formula is C12H14BrN3S. The number of nitrogens with one attached hydrogen (secondary N) is 1. The standard InChI is InChI=1S/C12H14BrN3S/c1-2-8-4-3-5-15-11(8)12(16-14)9-6-17-7-10(9)13/h3-7,12,16H,2,14H2,1H3. The number of hydrogen-bond acceptors (Lipinski definition) is 4. The van der Waals surface area contributed by atoms with Crippen LogP contribution in [0.25, 0.3) is 0 Å². The third-order valence-electron chi connectivity index (χ3n) is 2.70. The van der Waals surface area contributed by atoms with Crippen molar-refractivity contribution in [3.8, 4) is 0 Å². The van der Waals surface area contributed by atoms with Crippen molar-refractivity contribution in [3.05, 3.63) is 50.4 Å². The molecule has 0 aliphatic carbocycles. The minimum atomic E-state index is -0.0632. The molecule has 3 nitrogen and oxygen atoms in total. The molecule has 90 valence electrons. The molecule has 0 saturated carbocycles. The summed E-state index contributed by atoms with van der Waals surface area (Å²) in [6.07, 6.45) is 2.75. The maximum Gasteiger partial charge on any atom is 0.0903 e. The van der Waals surface area contributed by atoms with Gasteiger partial charge in [0.1, 0.15) is 0 Å². The molecule has 1 atom stereocenters. The molecule has 5 heteroatoms. The largest absolute Gasteiger partial charge is 0.271 e. The van der Waals surface area contributed by atoms with E-state index in [2.05, 4.69) is 44.7 Å². The number of thiophene rings is 1. The van der Waals surface area contributed by atoms with E-state index in [9.17, 15) is 0 Å². The lowest BCUT2D eigenvalue weighted by molar-refractivity contribution is 0.614. The van der Waals surface area contributed by atoms with E-state index >= 15 is 0 Å². The molecule has 2 aromatic rings.